The van der Waals surface area contributed by atoms with E-state index in [2.05, 4.69) is 59.6 Å². The SMILES string of the molecule is CC(=O)/C=C(/C)O.[Ir].[c-]1cc2ccccc2cc1-c1nccc2ccccc12. The minimum atomic E-state index is -0.125. The van der Waals surface area contributed by atoms with Crippen LogP contribution in [0.15, 0.2) is 84.8 Å². The average Bonchev–Trinajstić information content (AvgIpc) is 2.66. The quantitative estimate of drug-likeness (QED) is 0.194. The molecule has 4 heteroatoms. The number of aromatic nitrogens is 1. The number of nitrogens with zero attached hydrogens (tertiary/aromatic N) is 1. The molecule has 143 valence electrons. The van der Waals surface area contributed by atoms with E-state index >= 15 is 0 Å². The maximum Gasteiger partial charge on any atom is 0.155 e. The van der Waals surface area contributed by atoms with Crippen LogP contribution in [-0.2, 0) is 24.9 Å². The third kappa shape index (κ3) is 5.35. The number of carbonyl (C=O) groups is 1. The number of rotatable bonds is 2. The summed E-state index contributed by atoms with van der Waals surface area (Å²) >= 11 is 0. The van der Waals surface area contributed by atoms with E-state index < -0.39 is 0 Å². The van der Waals surface area contributed by atoms with Crippen molar-refractivity contribution in [2.75, 3.05) is 0 Å². The number of pyridine rings is 1. The molecule has 0 spiro atoms. The fourth-order valence-electron chi connectivity index (χ4n) is 2.89. The average molecular weight is 547 g/mol. The standard InChI is InChI=1S/C19H12N.C5H8O2.Ir/c1-2-7-16-13-17(10-9-14(16)5-1)19-18-8-4-3-6-15(18)11-12-20-19;1-4(6)3-5(2)7;/h1-9,11-13H;3,6H,1-2H3;/q-1;;/b;4-3-;. The van der Waals surface area contributed by atoms with Crippen LogP contribution in [0.25, 0.3) is 32.8 Å². The second-order valence-corrected chi connectivity index (χ2v) is 6.25. The van der Waals surface area contributed by atoms with Crippen LogP contribution in [0.5, 0.6) is 0 Å². The van der Waals surface area contributed by atoms with Crippen molar-refractivity contribution in [1.29, 1.82) is 0 Å². The molecule has 0 aliphatic carbocycles. The summed E-state index contributed by atoms with van der Waals surface area (Å²) < 4.78 is 0. The molecular weight excluding hydrogens is 526 g/mol. The molecule has 0 aliphatic rings. The Kier molecular flexibility index (Phi) is 7.62. The Hall–Kier alpha value is -2.81. The number of fused-ring (bicyclic) bond motifs is 2. The molecular formula is C24H20IrNO2-. The van der Waals surface area contributed by atoms with E-state index in [1.54, 1.807) is 0 Å². The van der Waals surface area contributed by atoms with Gasteiger partial charge in [0.1, 0.15) is 0 Å². The number of hydrogen-bond acceptors (Lipinski definition) is 3. The van der Waals surface area contributed by atoms with E-state index in [-0.39, 0.29) is 31.6 Å². The molecule has 3 nitrogen and oxygen atoms in total. The molecule has 0 bridgehead atoms. The zero-order valence-corrected chi connectivity index (χ0v) is 18.0. The second-order valence-electron chi connectivity index (χ2n) is 6.25. The van der Waals surface area contributed by atoms with Gasteiger partial charge >= 0.3 is 0 Å². The Morgan fingerprint density at radius 2 is 1.61 bits per heavy atom. The minimum absolute atomic E-state index is 0. The van der Waals surface area contributed by atoms with Gasteiger partial charge in [-0.25, -0.2) is 0 Å². The van der Waals surface area contributed by atoms with Crippen LogP contribution < -0.4 is 0 Å². The molecule has 0 atom stereocenters. The maximum absolute atomic E-state index is 10.0. The first-order valence-corrected chi connectivity index (χ1v) is 8.67. The van der Waals surface area contributed by atoms with Gasteiger partial charge in [-0.2, -0.15) is 0 Å². The van der Waals surface area contributed by atoms with Crippen molar-refractivity contribution in [3.8, 4) is 11.3 Å². The molecule has 0 saturated carbocycles. The van der Waals surface area contributed by atoms with Crippen LogP contribution in [0, 0.1) is 6.07 Å². The second kappa shape index (κ2) is 9.93. The molecule has 28 heavy (non-hydrogen) atoms. The molecule has 0 saturated heterocycles. The van der Waals surface area contributed by atoms with Crippen molar-refractivity contribution in [1.82, 2.24) is 4.98 Å². The number of carbonyl (C=O) groups excluding carboxylic acids is 1. The summed E-state index contributed by atoms with van der Waals surface area (Å²) in [7, 11) is 0. The smallest absolute Gasteiger partial charge is 0.155 e. The molecule has 0 fully saturated rings. The van der Waals surface area contributed by atoms with Gasteiger partial charge in [0.2, 0.25) is 0 Å². The normalized spacial score (nSPS) is 10.7. The Morgan fingerprint density at radius 1 is 0.964 bits per heavy atom. The van der Waals surface area contributed by atoms with Gasteiger partial charge in [-0.1, -0.05) is 53.9 Å². The maximum atomic E-state index is 10.0. The largest absolute Gasteiger partial charge is 0.512 e. The third-order valence-electron chi connectivity index (χ3n) is 4.02. The molecule has 1 N–H and O–H groups in total. The van der Waals surface area contributed by atoms with Gasteiger partial charge in [0, 0.05) is 32.4 Å². The zero-order valence-electron chi connectivity index (χ0n) is 15.6. The molecule has 4 rings (SSSR count). The summed E-state index contributed by atoms with van der Waals surface area (Å²) in [5, 5.41) is 13.2. The zero-order chi connectivity index (χ0) is 19.2. The first-order valence-electron chi connectivity index (χ1n) is 8.67. The molecule has 0 aliphatic heterocycles. The Balaban J connectivity index is 0.000000306. The fourth-order valence-corrected chi connectivity index (χ4v) is 2.89. The van der Waals surface area contributed by atoms with Gasteiger partial charge in [0.15, 0.2) is 5.78 Å². The van der Waals surface area contributed by atoms with Crippen molar-refractivity contribution < 1.29 is 30.0 Å². The van der Waals surface area contributed by atoms with E-state index in [4.69, 9.17) is 5.11 Å². The summed E-state index contributed by atoms with van der Waals surface area (Å²) in [6.45, 7) is 2.85. The minimum Gasteiger partial charge on any atom is -0.512 e. The Labute approximate surface area is 178 Å². The van der Waals surface area contributed by atoms with Gasteiger partial charge in [0.25, 0.3) is 0 Å². The molecule has 3 aromatic carbocycles. The number of ketones is 1. The summed E-state index contributed by atoms with van der Waals surface area (Å²) in [6.07, 6.45) is 3.03. The summed E-state index contributed by atoms with van der Waals surface area (Å²) in [4.78, 5) is 14.6. The summed E-state index contributed by atoms with van der Waals surface area (Å²) in [5.41, 5.74) is 2.04. The van der Waals surface area contributed by atoms with Gasteiger partial charge in [-0.15, -0.1) is 29.1 Å². The number of benzene rings is 3. The van der Waals surface area contributed by atoms with Crippen molar-refractivity contribution >= 4 is 27.3 Å². The van der Waals surface area contributed by atoms with Gasteiger partial charge in [-0.05, 0) is 36.4 Å². The fraction of sp³-hybridized carbons (Fsp3) is 0.0833. The van der Waals surface area contributed by atoms with E-state index in [0.29, 0.717) is 0 Å². The van der Waals surface area contributed by atoms with Crippen LogP contribution in [0.1, 0.15) is 13.8 Å². The van der Waals surface area contributed by atoms with Gasteiger partial charge in [0.05, 0.1) is 5.76 Å². The van der Waals surface area contributed by atoms with Crippen LogP contribution in [-0.4, -0.2) is 15.9 Å². The first kappa shape index (κ1) is 21.5. The van der Waals surface area contributed by atoms with E-state index in [1.807, 2.05) is 24.4 Å². The third-order valence-corrected chi connectivity index (χ3v) is 4.02. The number of aliphatic hydroxyl groups excluding tert-OH is 1. The van der Waals surface area contributed by atoms with Crippen molar-refractivity contribution in [2.45, 2.75) is 13.8 Å². The first-order chi connectivity index (χ1) is 13.0. The van der Waals surface area contributed by atoms with Crippen molar-refractivity contribution in [3.05, 3.63) is 90.8 Å². The Bertz CT molecular complexity index is 1130. The van der Waals surface area contributed by atoms with Crippen LogP contribution in [0.2, 0.25) is 0 Å². The van der Waals surface area contributed by atoms with Crippen LogP contribution in [0.4, 0.5) is 0 Å². The van der Waals surface area contributed by atoms with Crippen molar-refractivity contribution in [3.63, 3.8) is 0 Å². The van der Waals surface area contributed by atoms with Crippen LogP contribution in [0.3, 0.4) is 0 Å². The predicted octanol–water partition coefficient (Wildman–Crippen LogP) is 5.89. The molecule has 1 radical (unpaired) electrons. The van der Waals surface area contributed by atoms with E-state index in [9.17, 15) is 4.79 Å². The van der Waals surface area contributed by atoms with Crippen LogP contribution >= 0.6 is 0 Å². The van der Waals surface area contributed by atoms with E-state index in [1.165, 1.54) is 41.5 Å². The molecule has 1 aromatic heterocycles. The Morgan fingerprint density at radius 3 is 2.25 bits per heavy atom. The van der Waals surface area contributed by atoms with Gasteiger partial charge < -0.3 is 10.1 Å². The van der Waals surface area contributed by atoms with Gasteiger partial charge in [-0.3, -0.25) is 4.79 Å². The topological polar surface area (TPSA) is 50.2 Å². The predicted molar refractivity (Wildman–Crippen MR) is 111 cm³/mol. The monoisotopic (exact) mass is 547 g/mol. The summed E-state index contributed by atoms with van der Waals surface area (Å²) in [5.74, 6) is -0.0625. The van der Waals surface area contributed by atoms with E-state index in [0.717, 1.165) is 11.3 Å². The molecule has 0 unspecified atom stereocenters. The molecule has 0 amide bonds. The summed E-state index contributed by atoms with van der Waals surface area (Å²) in [6, 6.07) is 26.2. The molecule has 1 heterocycles. The number of allylic oxidation sites excluding steroid dienone is 2. The molecule has 4 aromatic rings. The number of aliphatic hydroxyl groups is 1. The van der Waals surface area contributed by atoms with Crippen molar-refractivity contribution in [2.24, 2.45) is 0 Å². The number of hydrogen-bond donors (Lipinski definition) is 1.